The topological polar surface area (TPSA) is 69.7 Å². The van der Waals surface area contributed by atoms with E-state index in [1.165, 1.54) is 16.2 Å². The van der Waals surface area contributed by atoms with Crippen molar-refractivity contribution in [2.45, 2.75) is 57.5 Å². The first-order valence-electron chi connectivity index (χ1n) is 9.11. The summed E-state index contributed by atoms with van der Waals surface area (Å²) < 4.78 is 0.711. The van der Waals surface area contributed by atoms with Gasteiger partial charge in [-0.05, 0) is 38.3 Å². The van der Waals surface area contributed by atoms with Crippen molar-refractivity contribution in [3.05, 3.63) is 21.3 Å². The van der Waals surface area contributed by atoms with Crippen LogP contribution in [0.15, 0.2) is 12.1 Å². The van der Waals surface area contributed by atoms with Gasteiger partial charge < -0.3 is 10.2 Å². The lowest BCUT2D eigenvalue weighted by atomic mass is 9.98. The van der Waals surface area contributed by atoms with Gasteiger partial charge >= 0.3 is 6.03 Å². The number of amides is 4. The van der Waals surface area contributed by atoms with Crippen molar-refractivity contribution < 1.29 is 14.4 Å². The van der Waals surface area contributed by atoms with Crippen LogP contribution in [0.4, 0.5) is 4.79 Å². The van der Waals surface area contributed by atoms with Crippen LogP contribution in [0.2, 0.25) is 4.34 Å². The fraction of sp³-hybridized carbons (Fsp3) is 0.611. The molecule has 1 N–H and O–H groups in total. The van der Waals surface area contributed by atoms with Gasteiger partial charge in [0, 0.05) is 24.4 Å². The number of thiophene rings is 1. The molecule has 0 radical (unpaired) electrons. The molecule has 4 amide bonds. The molecule has 1 aliphatic heterocycles. The molecule has 1 aromatic heterocycles. The van der Waals surface area contributed by atoms with Crippen molar-refractivity contribution in [2.75, 3.05) is 13.1 Å². The first kappa shape index (κ1) is 19.2. The Kier molecular flexibility index (Phi) is 5.87. The van der Waals surface area contributed by atoms with Gasteiger partial charge in [0.05, 0.1) is 10.9 Å². The van der Waals surface area contributed by atoms with Gasteiger partial charge in [-0.25, -0.2) is 4.79 Å². The Hall–Kier alpha value is -1.60. The van der Waals surface area contributed by atoms with Gasteiger partial charge in [-0.3, -0.25) is 14.5 Å². The highest BCUT2D eigenvalue weighted by Crippen LogP contribution is 2.35. The second-order valence-corrected chi connectivity index (χ2v) is 8.69. The van der Waals surface area contributed by atoms with Crippen molar-refractivity contribution in [3.8, 4) is 0 Å². The Labute approximate surface area is 162 Å². The van der Waals surface area contributed by atoms with Gasteiger partial charge in [-0.2, -0.15) is 0 Å². The Bertz CT molecular complexity index is 700. The Morgan fingerprint density at radius 2 is 2.08 bits per heavy atom. The number of nitrogens with one attached hydrogen (secondary N) is 1. The first-order valence-corrected chi connectivity index (χ1v) is 10.3. The molecule has 0 atom stereocenters. The number of carbonyl (C=O) groups is 3. The molecule has 0 aromatic carbocycles. The number of imide groups is 1. The van der Waals surface area contributed by atoms with Crippen molar-refractivity contribution in [2.24, 2.45) is 0 Å². The zero-order valence-electron chi connectivity index (χ0n) is 14.9. The van der Waals surface area contributed by atoms with E-state index in [1.807, 2.05) is 19.1 Å². The fourth-order valence-corrected chi connectivity index (χ4v) is 4.85. The predicted molar refractivity (Wildman–Crippen MR) is 101 cm³/mol. The van der Waals surface area contributed by atoms with Gasteiger partial charge in [0.1, 0.15) is 5.54 Å². The van der Waals surface area contributed by atoms with Crippen molar-refractivity contribution in [1.82, 2.24) is 15.1 Å². The summed E-state index contributed by atoms with van der Waals surface area (Å²) in [6, 6.07) is 3.44. The largest absolute Gasteiger partial charge is 0.338 e. The lowest BCUT2D eigenvalue weighted by molar-refractivity contribution is -0.133. The van der Waals surface area contributed by atoms with Crippen LogP contribution >= 0.6 is 22.9 Å². The molecule has 26 heavy (non-hydrogen) atoms. The molecule has 0 bridgehead atoms. The van der Waals surface area contributed by atoms with E-state index in [0.29, 0.717) is 36.8 Å². The smallest absolute Gasteiger partial charge is 0.325 e. The number of nitrogens with zero attached hydrogens (tertiary/aromatic N) is 2. The molecule has 2 aliphatic rings. The highest BCUT2D eigenvalue weighted by Gasteiger charge is 2.52. The molecule has 0 unspecified atom stereocenters. The van der Waals surface area contributed by atoms with Gasteiger partial charge in [-0.15, -0.1) is 11.3 Å². The second kappa shape index (κ2) is 7.96. The SMILES string of the molecule is CCN(Cc1ccc(Cl)s1)C(=O)CCCN1C(=O)NC2(CCCC2)C1=O. The second-order valence-electron chi connectivity index (χ2n) is 6.89. The third-order valence-electron chi connectivity index (χ3n) is 5.19. The van der Waals surface area contributed by atoms with E-state index < -0.39 is 5.54 Å². The monoisotopic (exact) mass is 397 g/mol. The summed E-state index contributed by atoms with van der Waals surface area (Å²) in [7, 11) is 0. The van der Waals surface area contributed by atoms with Crippen molar-refractivity contribution in [3.63, 3.8) is 0 Å². The van der Waals surface area contributed by atoms with Crippen molar-refractivity contribution in [1.29, 1.82) is 0 Å². The first-order chi connectivity index (χ1) is 12.4. The molecular formula is C18H24ClN3O3S. The van der Waals surface area contributed by atoms with Crippen LogP contribution in [0.3, 0.4) is 0 Å². The van der Waals surface area contributed by atoms with E-state index in [0.717, 1.165) is 30.6 Å². The number of hydrogen-bond acceptors (Lipinski definition) is 4. The number of urea groups is 1. The van der Waals surface area contributed by atoms with E-state index >= 15 is 0 Å². The lowest BCUT2D eigenvalue weighted by Gasteiger charge is -2.21. The standard InChI is InChI=1S/C18H24ClN3O3S/c1-2-21(12-13-7-8-14(19)26-13)15(23)6-5-11-22-16(24)18(20-17(22)25)9-3-4-10-18/h7-8H,2-6,9-12H2,1H3,(H,20,25). The molecule has 1 spiro atoms. The molecule has 1 saturated carbocycles. The van der Waals surface area contributed by atoms with Gasteiger partial charge in [0.25, 0.3) is 5.91 Å². The minimum absolute atomic E-state index is 0.0275. The summed E-state index contributed by atoms with van der Waals surface area (Å²) in [4.78, 5) is 41.3. The minimum Gasteiger partial charge on any atom is -0.338 e. The Morgan fingerprint density at radius 3 is 2.69 bits per heavy atom. The molecule has 1 saturated heterocycles. The zero-order chi connectivity index (χ0) is 18.7. The molecular weight excluding hydrogens is 374 g/mol. The normalized spacial score (nSPS) is 18.6. The van der Waals surface area contributed by atoms with E-state index in [-0.39, 0.29) is 17.8 Å². The maximum absolute atomic E-state index is 12.6. The summed E-state index contributed by atoms with van der Waals surface area (Å²) in [5.41, 5.74) is -0.672. The molecule has 3 rings (SSSR count). The van der Waals surface area contributed by atoms with Crippen LogP contribution in [0.25, 0.3) is 0 Å². The number of carbonyl (C=O) groups excluding carboxylic acids is 3. The molecule has 1 aliphatic carbocycles. The number of hydrogen-bond donors (Lipinski definition) is 1. The van der Waals surface area contributed by atoms with E-state index in [9.17, 15) is 14.4 Å². The van der Waals surface area contributed by atoms with E-state index in [1.54, 1.807) is 4.90 Å². The van der Waals surface area contributed by atoms with Crippen LogP contribution in [0.5, 0.6) is 0 Å². The van der Waals surface area contributed by atoms with E-state index in [4.69, 9.17) is 11.6 Å². The number of halogens is 1. The van der Waals surface area contributed by atoms with Crippen LogP contribution in [0, 0.1) is 0 Å². The molecule has 8 heteroatoms. The highest BCUT2D eigenvalue weighted by molar-refractivity contribution is 7.16. The van der Waals surface area contributed by atoms with E-state index in [2.05, 4.69) is 5.32 Å². The van der Waals surface area contributed by atoms with Crippen LogP contribution in [-0.2, 0) is 16.1 Å². The Balaban J connectivity index is 1.49. The highest BCUT2D eigenvalue weighted by atomic mass is 35.5. The van der Waals surface area contributed by atoms with Gasteiger partial charge in [0.15, 0.2) is 0 Å². The molecule has 1 aromatic rings. The van der Waals surface area contributed by atoms with Crippen LogP contribution in [0.1, 0.15) is 50.3 Å². The third-order valence-corrected chi connectivity index (χ3v) is 6.40. The van der Waals surface area contributed by atoms with Gasteiger partial charge in [-0.1, -0.05) is 24.4 Å². The summed E-state index contributed by atoms with van der Waals surface area (Å²) >= 11 is 7.41. The van der Waals surface area contributed by atoms with Gasteiger partial charge in [0.2, 0.25) is 5.91 Å². The summed E-state index contributed by atoms with van der Waals surface area (Å²) in [5.74, 6) is -0.0901. The zero-order valence-corrected chi connectivity index (χ0v) is 16.5. The maximum atomic E-state index is 12.6. The predicted octanol–water partition coefficient (Wildman–Crippen LogP) is 3.39. The Morgan fingerprint density at radius 1 is 1.35 bits per heavy atom. The summed E-state index contributed by atoms with van der Waals surface area (Å²) in [6.07, 6.45) is 4.18. The minimum atomic E-state index is -0.672. The average Bonchev–Trinajstić information content (AvgIpc) is 3.30. The lowest BCUT2D eigenvalue weighted by Crippen LogP contribution is -2.44. The molecule has 142 valence electrons. The average molecular weight is 398 g/mol. The number of rotatable bonds is 7. The van der Waals surface area contributed by atoms with Crippen molar-refractivity contribution >= 4 is 40.8 Å². The summed E-state index contributed by atoms with van der Waals surface area (Å²) in [6.45, 7) is 3.38. The summed E-state index contributed by atoms with van der Waals surface area (Å²) in [5, 5.41) is 2.87. The molecule has 6 nitrogen and oxygen atoms in total. The molecule has 2 heterocycles. The van der Waals surface area contributed by atoms with Crippen LogP contribution < -0.4 is 5.32 Å². The quantitative estimate of drug-likeness (QED) is 0.717. The molecule has 2 fully saturated rings. The maximum Gasteiger partial charge on any atom is 0.325 e. The fourth-order valence-electron chi connectivity index (χ4n) is 3.74. The third kappa shape index (κ3) is 3.88. The van der Waals surface area contributed by atoms with Crippen LogP contribution in [-0.4, -0.2) is 46.3 Å².